The van der Waals surface area contributed by atoms with Crippen molar-refractivity contribution in [3.63, 3.8) is 0 Å². The fourth-order valence-electron chi connectivity index (χ4n) is 14.9. The van der Waals surface area contributed by atoms with Gasteiger partial charge in [-0.25, -0.2) is 0 Å². The van der Waals surface area contributed by atoms with Gasteiger partial charge in [0.1, 0.15) is 12.4 Å². The topological polar surface area (TPSA) is 15.7 Å². The first kappa shape index (κ1) is 39.7. The maximum atomic E-state index is 7.13. The third-order valence-electron chi connectivity index (χ3n) is 18.3. The molecule has 0 N–H and O–H groups in total. The molecule has 8 aliphatic rings. The molecule has 3 aliphatic carbocycles. The molecule has 17 rings (SSSR count). The van der Waals surface area contributed by atoms with Crippen LogP contribution < -0.4 is 30.9 Å². The third kappa shape index (κ3) is 4.74. The molecule has 5 heteroatoms. The number of aryl methyl sites for hydroxylation is 1. The van der Waals surface area contributed by atoms with E-state index >= 15 is 0 Å². The van der Waals surface area contributed by atoms with Crippen LogP contribution in [0.5, 0.6) is 5.75 Å². The summed E-state index contributed by atoms with van der Waals surface area (Å²) >= 11 is 2.06. The molecule has 8 aromatic carbocycles. The zero-order valence-electron chi connectivity index (χ0n) is 40.5. The molecule has 0 fully saturated rings. The van der Waals surface area contributed by atoms with E-state index in [1.165, 1.54) is 127 Å². The molecule has 70 heavy (non-hydrogen) atoms. The molecule has 0 saturated heterocycles. The molecule has 2 unspecified atom stereocenters. The Bertz CT molecular complexity index is 3840. The van der Waals surface area contributed by atoms with Crippen molar-refractivity contribution in [1.29, 1.82) is 0 Å². The van der Waals surface area contributed by atoms with Crippen molar-refractivity contribution in [3.05, 3.63) is 224 Å². The molecule has 5 aliphatic heterocycles. The van der Waals surface area contributed by atoms with Gasteiger partial charge in [-0.1, -0.05) is 156 Å². The first-order valence-corrected chi connectivity index (χ1v) is 26.1. The molecular formula is C65H51BN2OS. The predicted octanol–water partition coefficient (Wildman–Crippen LogP) is 13.8. The van der Waals surface area contributed by atoms with E-state index in [4.69, 9.17) is 4.74 Å². The molecule has 1 aromatic heterocycles. The lowest BCUT2D eigenvalue weighted by Gasteiger charge is -2.44. The van der Waals surface area contributed by atoms with E-state index in [2.05, 4.69) is 226 Å². The minimum atomic E-state index is -0.482. The first-order chi connectivity index (χ1) is 33.9. The molecule has 9 aromatic rings. The second kappa shape index (κ2) is 13.0. The molecule has 0 spiro atoms. The summed E-state index contributed by atoms with van der Waals surface area (Å²) in [6.45, 7) is 15.0. The van der Waals surface area contributed by atoms with Crippen molar-refractivity contribution < 1.29 is 4.74 Å². The van der Waals surface area contributed by atoms with E-state index in [-0.39, 0.29) is 23.0 Å². The highest BCUT2D eigenvalue weighted by atomic mass is 32.1. The second-order valence-corrected chi connectivity index (χ2v) is 23.9. The fraction of sp³-hybridized carbons (Fsp3) is 0.200. The van der Waals surface area contributed by atoms with Gasteiger partial charge >= 0.3 is 0 Å². The van der Waals surface area contributed by atoms with Crippen LogP contribution in [0.25, 0.3) is 22.3 Å². The Morgan fingerprint density at radius 1 is 0.500 bits per heavy atom. The molecule has 0 amide bonds. The summed E-state index contributed by atoms with van der Waals surface area (Å²) in [5.74, 6) is 0.972. The van der Waals surface area contributed by atoms with Gasteiger partial charge in [-0.2, -0.15) is 0 Å². The van der Waals surface area contributed by atoms with Crippen molar-refractivity contribution in [2.75, 3.05) is 16.4 Å². The lowest BCUT2D eigenvalue weighted by atomic mass is 9.33. The number of rotatable bonds is 3. The van der Waals surface area contributed by atoms with Crippen LogP contribution in [0.15, 0.2) is 164 Å². The number of thiophene rings is 1. The van der Waals surface area contributed by atoms with E-state index in [0.717, 1.165) is 18.6 Å². The van der Waals surface area contributed by atoms with E-state index < -0.39 is 5.41 Å². The number of fused-ring (bicyclic) bond motifs is 8. The number of hydrogen-bond donors (Lipinski definition) is 0. The van der Waals surface area contributed by atoms with Gasteiger partial charge in [-0.15, -0.1) is 11.3 Å². The Morgan fingerprint density at radius 3 is 1.74 bits per heavy atom. The maximum Gasteiger partial charge on any atom is 0.253 e. The predicted molar refractivity (Wildman–Crippen MR) is 291 cm³/mol. The van der Waals surface area contributed by atoms with Gasteiger partial charge in [-0.05, 0) is 145 Å². The Hall–Kier alpha value is -7.08. The Kier molecular flexibility index (Phi) is 7.38. The third-order valence-corrected chi connectivity index (χ3v) is 19.6. The van der Waals surface area contributed by atoms with Crippen molar-refractivity contribution in [2.24, 2.45) is 0 Å². The van der Waals surface area contributed by atoms with Crippen LogP contribution in [0.2, 0.25) is 0 Å². The highest BCUT2D eigenvalue weighted by Gasteiger charge is 2.53. The van der Waals surface area contributed by atoms with E-state index in [1.54, 1.807) is 5.56 Å². The van der Waals surface area contributed by atoms with Crippen LogP contribution in [0.4, 0.5) is 33.4 Å². The lowest BCUT2D eigenvalue weighted by Crippen LogP contribution is -2.62. The van der Waals surface area contributed by atoms with Crippen molar-refractivity contribution in [2.45, 2.75) is 76.0 Å². The highest BCUT2D eigenvalue weighted by molar-refractivity contribution is 7.20. The fourth-order valence-corrected chi connectivity index (χ4v) is 16.5. The summed E-state index contributed by atoms with van der Waals surface area (Å²) in [5, 5.41) is 1.38. The van der Waals surface area contributed by atoms with Crippen LogP contribution in [-0.2, 0) is 34.5 Å². The number of benzene rings is 8. The second-order valence-electron chi connectivity index (χ2n) is 22.8. The molecule has 0 radical (unpaired) electrons. The van der Waals surface area contributed by atoms with Gasteiger partial charge < -0.3 is 14.5 Å². The SMILES string of the molecule is Cc1cc2c3c(c1)N(c1ccc4c(c1)C(C)(C)c1ccccc1-4)c1sc4c5c1B3c1cc3c(cc1N2c1ccc2c(c1)C(C)(C)c1ccccc1-2)OCC3(c1ccccc1)c1ccc(cc1)C(C)(C4)C5. The van der Waals surface area contributed by atoms with Gasteiger partial charge in [0.15, 0.2) is 0 Å². The van der Waals surface area contributed by atoms with E-state index in [0.29, 0.717) is 6.61 Å². The Labute approximate surface area is 415 Å². The molecule has 336 valence electrons. The monoisotopic (exact) mass is 918 g/mol. The molecule has 2 atom stereocenters. The van der Waals surface area contributed by atoms with Gasteiger partial charge in [0, 0.05) is 61.2 Å². The van der Waals surface area contributed by atoms with Crippen LogP contribution in [0, 0.1) is 6.92 Å². The van der Waals surface area contributed by atoms with Crippen LogP contribution in [0.3, 0.4) is 0 Å². The van der Waals surface area contributed by atoms with Gasteiger partial charge in [0.05, 0.1) is 10.4 Å². The van der Waals surface area contributed by atoms with Gasteiger partial charge in [0.2, 0.25) is 0 Å². The van der Waals surface area contributed by atoms with Crippen LogP contribution in [0.1, 0.15) is 95.1 Å². The van der Waals surface area contributed by atoms with Gasteiger partial charge in [-0.3, -0.25) is 0 Å². The smallest absolute Gasteiger partial charge is 0.253 e. The number of nitrogens with zero attached hydrogens (tertiary/aromatic N) is 2. The van der Waals surface area contributed by atoms with Gasteiger partial charge in [0.25, 0.3) is 6.71 Å². The average Bonchev–Trinajstić information content (AvgIpc) is 4.13. The zero-order chi connectivity index (χ0) is 46.8. The molecule has 3 nitrogen and oxygen atoms in total. The quantitative estimate of drug-likeness (QED) is 0.164. The summed E-state index contributed by atoms with van der Waals surface area (Å²) in [7, 11) is 0. The largest absolute Gasteiger partial charge is 0.492 e. The van der Waals surface area contributed by atoms with Crippen molar-refractivity contribution >= 4 is 67.9 Å². The number of hydrogen-bond acceptors (Lipinski definition) is 4. The normalized spacial score (nSPS) is 20.9. The van der Waals surface area contributed by atoms with Crippen molar-refractivity contribution in [3.8, 4) is 28.0 Å². The minimum Gasteiger partial charge on any atom is -0.492 e. The average molecular weight is 919 g/mol. The summed E-state index contributed by atoms with van der Waals surface area (Å²) in [4.78, 5) is 6.85. The number of anilines is 6. The first-order valence-electron chi connectivity index (χ1n) is 25.3. The lowest BCUT2D eigenvalue weighted by molar-refractivity contribution is 0.313. The standard InChI is InChI=1S/C65H51BN2OS/c1-37-28-55-60-56(29-37)68(42-25-27-46-44-17-11-13-19-49(44)63(4,5)51(46)31-42)61-59-47-34-64(6,35-58(47)70-61)38-20-22-40(23-21-38)65(39-14-8-7-9-15-39)36-69-57-33-54(53(66(59)60)32-52(57)65)67(55)41-24-26-45-43-16-10-12-18-48(43)62(2,3)50(45)30-41/h7-33H,34-36H2,1-6H3. The molecule has 0 saturated carbocycles. The number of ether oxygens (including phenoxy) is 1. The minimum absolute atomic E-state index is 0.0180. The highest BCUT2D eigenvalue weighted by Crippen LogP contribution is 2.58. The molecule has 6 bridgehead atoms. The van der Waals surface area contributed by atoms with E-state index in [9.17, 15) is 0 Å². The Balaban J connectivity index is 1.01. The molecule has 6 heterocycles. The van der Waals surface area contributed by atoms with Crippen molar-refractivity contribution in [1.82, 2.24) is 0 Å². The summed E-state index contributed by atoms with van der Waals surface area (Å²) in [6.07, 6.45) is 2.04. The van der Waals surface area contributed by atoms with Crippen LogP contribution in [-0.4, -0.2) is 13.3 Å². The summed E-state index contributed by atoms with van der Waals surface area (Å²) in [6, 6.07) is 63.7. The summed E-state index contributed by atoms with van der Waals surface area (Å²) in [5.41, 5.74) is 28.7. The maximum absolute atomic E-state index is 7.13. The van der Waals surface area contributed by atoms with Crippen LogP contribution >= 0.6 is 11.3 Å². The summed E-state index contributed by atoms with van der Waals surface area (Å²) < 4.78 is 7.13. The zero-order valence-corrected chi connectivity index (χ0v) is 41.3. The Morgan fingerprint density at radius 2 is 1.07 bits per heavy atom. The molecular weight excluding hydrogens is 868 g/mol. The van der Waals surface area contributed by atoms with E-state index in [1.807, 2.05) is 0 Å².